The molecule has 0 amide bonds. The number of nitrogens with one attached hydrogen (secondary N) is 2. The fraction of sp³-hybridized carbons (Fsp3) is 0.480. The Morgan fingerprint density at radius 2 is 1.62 bits per heavy atom. The molecule has 0 saturated carbocycles. The lowest BCUT2D eigenvalue weighted by Gasteiger charge is -2.35. The molecule has 0 bridgehead atoms. The van der Waals surface area contributed by atoms with Crippen LogP contribution in [0.2, 0.25) is 0 Å². The van der Waals surface area contributed by atoms with Crippen LogP contribution in [0, 0.1) is 6.92 Å². The van der Waals surface area contributed by atoms with Crippen molar-refractivity contribution in [1.82, 2.24) is 25.4 Å². The number of piperazine rings is 1. The van der Waals surface area contributed by atoms with Gasteiger partial charge in [0.05, 0.1) is 5.69 Å². The molecule has 0 spiro atoms. The summed E-state index contributed by atoms with van der Waals surface area (Å²) in [4.78, 5) is 9.26. The van der Waals surface area contributed by atoms with Crippen molar-refractivity contribution in [1.29, 1.82) is 0 Å². The number of benzene rings is 1. The van der Waals surface area contributed by atoms with E-state index in [1.54, 1.807) is 0 Å². The largest absolute Gasteiger partial charge is 0.365 e. The van der Waals surface area contributed by atoms with Crippen LogP contribution in [0.15, 0.2) is 54.5 Å². The summed E-state index contributed by atoms with van der Waals surface area (Å²) in [6, 6.07) is 10.8. The second kappa shape index (κ2) is 10.9. The minimum atomic E-state index is -2.78. The second-order valence-electron chi connectivity index (χ2n) is 8.31. The predicted octanol–water partition coefficient (Wildman–Crippen LogP) is 4.38. The van der Waals surface area contributed by atoms with Crippen LogP contribution in [0.5, 0.6) is 0 Å². The number of rotatable bonds is 6. The topological polar surface area (TPSA) is 43.4 Å². The molecule has 1 aromatic heterocycles. The van der Waals surface area contributed by atoms with Gasteiger partial charge in [0.1, 0.15) is 6.17 Å². The monoisotopic (exact) mass is 443 g/mol. The molecular weight excluding hydrogens is 408 g/mol. The minimum absolute atomic E-state index is 0.0275. The van der Waals surface area contributed by atoms with Crippen LogP contribution < -0.4 is 10.6 Å². The van der Waals surface area contributed by atoms with Gasteiger partial charge in [-0.3, -0.25) is 14.8 Å². The van der Waals surface area contributed by atoms with Gasteiger partial charge in [0.2, 0.25) is 0 Å². The molecule has 2 aromatic rings. The highest BCUT2D eigenvalue weighted by Gasteiger charge is 2.25. The number of aryl methyl sites for hydroxylation is 1. The lowest BCUT2D eigenvalue weighted by Crippen LogP contribution is -2.47. The van der Waals surface area contributed by atoms with Crippen LogP contribution in [-0.4, -0.2) is 47.5 Å². The number of halogens is 2. The van der Waals surface area contributed by atoms with Crippen LogP contribution in [0.3, 0.4) is 0 Å². The molecular formula is C25H35F2N5. The maximum Gasteiger partial charge on any atom is 0.270 e. The highest BCUT2D eigenvalue weighted by atomic mass is 19.3. The number of hydrogen-bond acceptors (Lipinski definition) is 5. The van der Waals surface area contributed by atoms with Crippen LogP contribution in [0.4, 0.5) is 8.78 Å². The van der Waals surface area contributed by atoms with Gasteiger partial charge in [-0.15, -0.1) is 0 Å². The molecule has 5 nitrogen and oxygen atoms in total. The lowest BCUT2D eigenvalue weighted by atomic mass is 10.1. The average molecular weight is 444 g/mol. The molecule has 0 aliphatic carbocycles. The van der Waals surface area contributed by atoms with E-state index in [1.807, 2.05) is 44.4 Å². The number of aromatic nitrogens is 1. The fourth-order valence-corrected chi connectivity index (χ4v) is 3.93. The van der Waals surface area contributed by atoms with Crippen molar-refractivity contribution in [3.05, 3.63) is 76.9 Å². The van der Waals surface area contributed by atoms with E-state index in [1.165, 1.54) is 23.4 Å². The Balaban J connectivity index is 0.00000141. The molecule has 7 heteroatoms. The summed E-state index contributed by atoms with van der Waals surface area (Å²) in [5.74, 6) is -2.78. The van der Waals surface area contributed by atoms with Crippen LogP contribution in [0.25, 0.3) is 0 Å². The molecule has 2 aliphatic rings. The first-order valence-electron chi connectivity index (χ1n) is 11.4. The molecule has 3 heterocycles. The van der Waals surface area contributed by atoms with Crippen molar-refractivity contribution in [2.24, 2.45) is 0 Å². The summed E-state index contributed by atoms with van der Waals surface area (Å²) in [5.41, 5.74) is 4.52. The first-order valence-corrected chi connectivity index (χ1v) is 11.4. The molecule has 1 saturated heterocycles. The molecule has 174 valence electrons. The Hall–Kier alpha value is -2.51. The molecule has 1 aromatic carbocycles. The first kappa shape index (κ1) is 24.1. The van der Waals surface area contributed by atoms with E-state index in [4.69, 9.17) is 0 Å². The first-order chi connectivity index (χ1) is 15.4. The Morgan fingerprint density at radius 1 is 1.00 bits per heavy atom. The minimum Gasteiger partial charge on any atom is -0.365 e. The standard InChI is InChI=1S/C23H29F2N5.C2H6/c1-17-7-8-26-21(13-17)22-27-14-20(28-22)16-30-11-9-29(10-12-30)15-18-3-5-19(6-4-18)23(2,24)25;1-2/h3-8,13-14,22,27-28H,9-12,15-16H2,1-2H3;1-2H3. The zero-order valence-electron chi connectivity index (χ0n) is 19.5. The van der Waals surface area contributed by atoms with Crippen molar-refractivity contribution in [3.8, 4) is 0 Å². The van der Waals surface area contributed by atoms with Crippen LogP contribution in [-0.2, 0) is 12.5 Å². The Labute approximate surface area is 190 Å². The van der Waals surface area contributed by atoms with E-state index in [2.05, 4.69) is 38.4 Å². The third-order valence-corrected chi connectivity index (χ3v) is 5.71. The third-order valence-electron chi connectivity index (χ3n) is 5.71. The van der Waals surface area contributed by atoms with E-state index >= 15 is 0 Å². The Morgan fingerprint density at radius 3 is 2.22 bits per heavy atom. The van der Waals surface area contributed by atoms with Gasteiger partial charge in [-0.1, -0.05) is 38.1 Å². The zero-order chi connectivity index (χ0) is 23.1. The molecule has 2 aliphatic heterocycles. The van der Waals surface area contributed by atoms with Gasteiger partial charge in [-0.25, -0.2) is 8.78 Å². The van der Waals surface area contributed by atoms with Crippen molar-refractivity contribution in [3.63, 3.8) is 0 Å². The van der Waals surface area contributed by atoms with Gasteiger partial charge >= 0.3 is 0 Å². The second-order valence-corrected chi connectivity index (χ2v) is 8.31. The maximum absolute atomic E-state index is 13.4. The van der Waals surface area contributed by atoms with Crippen LogP contribution >= 0.6 is 0 Å². The van der Waals surface area contributed by atoms with Gasteiger partial charge in [-0.05, 0) is 30.2 Å². The van der Waals surface area contributed by atoms with Gasteiger partial charge in [0, 0.05) is 69.8 Å². The van der Waals surface area contributed by atoms with E-state index in [0.29, 0.717) is 0 Å². The predicted molar refractivity (Wildman–Crippen MR) is 125 cm³/mol. The summed E-state index contributed by atoms with van der Waals surface area (Å²) >= 11 is 0. The van der Waals surface area contributed by atoms with Gasteiger partial charge in [0.15, 0.2) is 0 Å². The number of pyridine rings is 1. The normalized spacial score (nSPS) is 19.4. The van der Waals surface area contributed by atoms with E-state index in [9.17, 15) is 8.78 Å². The van der Waals surface area contributed by atoms with E-state index in [-0.39, 0.29) is 11.7 Å². The quantitative estimate of drug-likeness (QED) is 0.694. The molecule has 4 rings (SSSR count). The zero-order valence-corrected chi connectivity index (χ0v) is 19.5. The molecule has 1 atom stereocenters. The summed E-state index contributed by atoms with van der Waals surface area (Å²) < 4.78 is 26.7. The molecule has 0 radical (unpaired) electrons. The van der Waals surface area contributed by atoms with Crippen LogP contribution in [0.1, 0.15) is 49.3 Å². The summed E-state index contributed by atoms with van der Waals surface area (Å²) in [7, 11) is 0. The van der Waals surface area contributed by atoms with Gasteiger partial charge in [0.25, 0.3) is 5.92 Å². The van der Waals surface area contributed by atoms with Crippen molar-refractivity contribution < 1.29 is 8.78 Å². The summed E-state index contributed by atoms with van der Waals surface area (Å²) in [6.45, 7) is 12.6. The van der Waals surface area contributed by atoms with E-state index < -0.39 is 5.92 Å². The number of hydrogen-bond donors (Lipinski definition) is 2. The Bertz CT molecular complexity index is 884. The third kappa shape index (κ3) is 6.50. The van der Waals surface area contributed by atoms with Crippen molar-refractivity contribution in [2.45, 2.75) is 46.3 Å². The van der Waals surface area contributed by atoms with E-state index in [0.717, 1.165) is 57.4 Å². The molecule has 1 unspecified atom stereocenters. The highest BCUT2D eigenvalue weighted by molar-refractivity contribution is 5.25. The lowest BCUT2D eigenvalue weighted by molar-refractivity contribution is 0.0174. The fourth-order valence-electron chi connectivity index (χ4n) is 3.93. The van der Waals surface area contributed by atoms with Gasteiger partial charge in [-0.2, -0.15) is 0 Å². The number of alkyl halides is 2. The Kier molecular flexibility index (Phi) is 8.21. The SMILES string of the molecule is CC.Cc1ccnc(C2NC=C(CN3CCN(Cc4ccc(C(C)(F)F)cc4)CC3)N2)c1. The molecule has 32 heavy (non-hydrogen) atoms. The average Bonchev–Trinajstić information content (AvgIpc) is 3.25. The summed E-state index contributed by atoms with van der Waals surface area (Å²) in [5, 5.41) is 6.89. The maximum atomic E-state index is 13.4. The molecule has 1 fully saturated rings. The number of nitrogens with zero attached hydrogens (tertiary/aromatic N) is 3. The smallest absolute Gasteiger partial charge is 0.270 e. The highest BCUT2D eigenvalue weighted by Crippen LogP contribution is 2.27. The molecule has 2 N–H and O–H groups in total. The van der Waals surface area contributed by atoms with Crippen molar-refractivity contribution >= 4 is 0 Å². The summed E-state index contributed by atoms with van der Waals surface area (Å²) in [6.07, 6.45) is 3.92. The van der Waals surface area contributed by atoms with Gasteiger partial charge < -0.3 is 10.6 Å². The van der Waals surface area contributed by atoms with Crippen molar-refractivity contribution in [2.75, 3.05) is 32.7 Å².